The molecule has 20 heavy (non-hydrogen) atoms. The van der Waals surface area contributed by atoms with Crippen LogP contribution >= 0.6 is 0 Å². The maximum atomic E-state index is 12.2. The number of carbonyl (C=O) groups is 1. The van der Waals surface area contributed by atoms with E-state index in [1.807, 2.05) is 19.1 Å². The number of ether oxygens (including phenoxy) is 1. The quantitative estimate of drug-likeness (QED) is 0.868. The van der Waals surface area contributed by atoms with E-state index < -0.39 is 0 Å². The van der Waals surface area contributed by atoms with Crippen LogP contribution in [0.5, 0.6) is 5.75 Å². The first-order valence-electron chi connectivity index (χ1n) is 7.37. The summed E-state index contributed by atoms with van der Waals surface area (Å²) in [6.07, 6.45) is 3.87. The standard InChI is InChI=1S/C16H23NO3/c1-2-20-15-5-3-4-13(10-15)16(19)17-14-8-6-12(11-18)7-9-14/h3-5,10,12,14,18H,2,6-9,11H2,1H3,(H,17,19). The first kappa shape index (κ1) is 14.9. The highest BCUT2D eigenvalue weighted by atomic mass is 16.5. The number of amides is 1. The average Bonchev–Trinajstić information content (AvgIpc) is 2.48. The average molecular weight is 277 g/mol. The molecule has 1 saturated carbocycles. The highest BCUT2D eigenvalue weighted by Crippen LogP contribution is 2.24. The molecular formula is C16H23NO3. The van der Waals surface area contributed by atoms with Crippen LogP contribution in [0.3, 0.4) is 0 Å². The van der Waals surface area contributed by atoms with Crippen molar-refractivity contribution in [3.05, 3.63) is 29.8 Å². The highest BCUT2D eigenvalue weighted by molar-refractivity contribution is 5.94. The van der Waals surface area contributed by atoms with Crippen LogP contribution in [0.2, 0.25) is 0 Å². The van der Waals surface area contributed by atoms with Gasteiger partial charge in [0.05, 0.1) is 6.61 Å². The molecule has 4 heteroatoms. The number of aliphatic hydroxyl groups is 1. The number of hydrogen-bond acceptors (Lipinski definition) is 3. The summed E-state index contributed by atoms with van der Waals surface area (Å²) < 4.78 is 5.41. The van der Waals surface area contributed by atoms with Crippen LogP contribution < -0.4 is 10.1 Å². The molecule has 0 atom stereocenters. The van der Waals surface area contributed by atoms with Crippen molar-refractivity contribution >= 4 is 5.91 Å². The molecule has 2 rings (SSSR count). The van der Waals surface area contributed by atoms with Gasteiger partial charge in [-0.15, -0.1) is 0 Å². The van der Waals surface area contributed by atoms with Crippen LogP contribution in [-0.4, -0.2) is 30.3 Å². The summed E-state index contributed by atoms with van der Waals surface area (Å²) in [5.41, 5.74) is 0.639. The zero-order valence-corrected chi connectivity index (χ0v) is 12.0. The van der Waals surface area contributed by atoms with Gasteiger partial charge in [0.2, 0.25) is 0 Å². The number of aliphatic hydroxyl groups excluding tert-OH is 1. The van der Waals surface area contributed by atoms with Gasteiger partial charge in [-0.3, -0.25) is 4.79 Å². The van der Waals surface area contributed by atoms with Crippen molar-refractivity contribution in [3.63, 3.8) is 0 Å². The molecule has 1 amide bonds. The SMILES string of the molecule is CCOc1cccc(C(=O)NC2CCC(CO)CC2)c1. The zero-order chi connectivity index (χ0) is 14.4. The fourth-order valence-corrected chi connectivity index (χ4v) is 2.65. The Labute approximate surface area is 120 Å². The molecule has 0 aromatic heterocycles. The van der Waals surface area contributed by atoms with Crippen LogP contribution in [0.15, 0.2) is 24.3 Å². The number of nitrogens with one attached hydrogen (secondary N) is 1. The van der Waals surface area contributed by atoms with Gasteiger partial charge >= 0.3 is 0 Å². The van der Waals surface area contributed by atoms with E-state index >= 15 is 0 Å². The van der Waals surface area contributed by atoms with Crippen molar-refractivity contribution in [1.82, 2.24) is 5.32 Å². The van der Waals surface area contributed by atoms with Crippen LogP contribution in [-0.2, 0) is 0 Å². The number of rotatable bonds is 5. The molecule has 0 saturated heterocycles. The Balaban J connectivity index is 1.90. The van der Waals surface area contributed by atoms with Gasteiger partial charge in [0, 0.05) is 18.2 Å². The Hall–Kier alpha value is -1.55. The minimum atomic E-state index is -0.0426. The molecule has 110 valence electrons. The van der Waals surface area contributed by atoms with E-state index in [2.05, 4.69) is 5.32 Å². The van der Waals surface area contributed by atoms with E-state index in [9.17, 15) is 4.79 Å². The maximum absolute atomic E-state index is 12.2. The molecule has 1 aliphatic carbocycles. The lowest BCUT2D eigenvalue weighted by Crippen LogP contribution is -2.38. The van der Waals surface area contributed by atoms with E-state index in [1.165, 1.54) is 0 Å². The summed E-state index contributed by atoms with van der Waals surface area (Å²) in [6, 6.07) is 7.49. The van der Waals surface area contributed by atoms with Crippen molar-refractivity contribution in [1.29, 1.82) is 0 Å². The molecule has 1 aromatic carbocycles. The van der Waals surface area contributed by atoms with Crippen molar-refractivity contribution in [2.75, 3.05) is 13.2 Å². The van der Waals surface area contributed by atoms with Gasteiger partial charge in [0.1, 0.15) is 5.75 Å². The molecule has 1 aromatic rings. The third-order valence-corrected chi connectivity index (χ3v) is 3.85. The lowest BCUT2D eigenvalue weighted by atomic mass is 9.86. The summed E-state index contributed by atoms with van der Waals surface area (Å²) >= 11 is 0. The normalized spacial score (nSPS) is 22.3. The van der Waals surface area contributed by atoms with E-state index in [-0.39, 0.29) is 18.6 Å². The van der Waals surface area contributed by atoms with Crippen molar-refractivity contribution in [2.24, 2.45) is 5.92 Å². The second kappa shape index (κ2) is 7.29. The molecule has 2 N–H and O–H groups in total. The Morgan fingerprint density at radius 3 is 2.75 bits per heavy atom. The number of benzene rings is 1. The topological polar surface area (TPSA) is 58.6 Å². The van der Waals surface area contributed by atoms with E-state index in [4.69, 9.17) is 9.84 Å². The lowest BCUT2D eigenvalue weighted by Gasteiger charge is -2.28. The predicted molar refractivity (Wildman–Crippen MR) is 77.9 cm³/mol. The lowest BCUT2D eigenvalue weighted by molar-refractivity contribution is 0.0913. The molecule has 0 spiro atoms. The number of hydrogen-bond donors (Lipinski definition) is 2. The second-order valence-electron chi connectivity index (χ2n) is 5.33. The van der Waals surface area contributed by atoms with Gasteiger partial charge in [0.15, 0.2) is 0 Å². The van der Waals surface area contributed by atoms with Gasteiger partial charge in [-0.25, -0.2) is 0 Å². The fourth-order valence-electron chi connectivity index (χ4n) is 2.65. The van der Waals surface area contributed by atoms with Gasteiger partial charge in [-0.1, -0.05) is 6.07 Å². The third kappa shape index (κ3) is 3.97. The number of carbonyl (C=O) groups excluding carboxylic acids is 1. The molecule has 1 fully saturated rings. The molecule has 0 radical (unpaired) electrons. The molecule has 4 nitrogen and oxygen atoms in total. The van der Waals surface area contributed by atoms with Crippen molar-refractivity contribution < 1.29 is 14.6 Å². The third-order valence-electron chi connectivity index (χ3n) is 3.85. The van der Waals surface area contributed by atoms with Crippen LogP contribution in [0.25, 0.3) is 0 Å². The smallest absolute Gasteiger partial charge is 0.251 e. The molecule has 0 aliphatic heterocycles. The van der Waals surface area contributed by atoms with Crippen LogP contribution in [0, 0.1) is 5.92 Å². The molecule has 0 bridgehead atoms. The molecule has 0 unspecified atom stereocenters. The van der Waals surface area contributed by atoms with E-state index in [1.54, 1.807) is 12.1 Å². The first-order chi connectivity index (χ1) is 9.72. The molecule has 1 aliphatic rings. The summed E-state index contributed by atoms with van der Waals surface area (Å²) in [5.74, 6) is 1.09. The van der Waals surface area contributed by atoms with E-state index in [0.717, 1.165) is 31.4 Å². The van der Waals surface area contributed by atoms with Gasteiger partial charge in [0.25, 0.3) is 5.91 Å². The van der Waals surface area contributed by atoms with Crippen molar-refractivity contribution in [3.8, 4) is 5.75 Å². The monoisotopic (exact) mass is 277 g/mol. The molecular weight excluding hydrogens is 254 g/mol. The van der Waals surface area contributed by atoms with E-state index in [0.29, 0.717) is 18.1 Å². The predicted octanol–water partition coefficient (Wildman–Crippen LogP) is 2.37. The van der Waals surface area contributed by atoms with Crippen LogP contribution in [0.1, 0.15) is 43.0 Å². The first-order valence-corrected chi connectivity index (χ1v) is 7.37. The fraction of sp³-hybridized carbons (Fsp3) is 0.562. The summed E-state index contributed by atoms with van der Waals surface area (Å²) in [6.45, 7) is 2.78. The highest BCUT2D eigenvalue weighted by Gasteiger charge is 2.22. The molecule has 0 heterocycles. The minimum absolute atomic E-state index is 0.0426. The van der Waals surface area contributed by atoms with Crippen molar-refractivity contribution in [2.45, 2.75) is 38.6 Å². The van der Waals surface area contributed by atoms with Gasteiger partial charge in [-0.2, -0.15) is 0 Å². The largest absolute Gasteiger partial charge is 0.494 e. The Morgan fingerprint density at radius 2 is 2.10 bits per heavy atom. The second-order valence-corrected chi connectivity index (χ2v) is 5.33. The van der Waals surface area contributed by atoms with Crippen LogP contribution in [0.4, 0.5) is 0 Å². The summed E-state index contributed by atoms with van der Waals surface area (Å²) in [5, 5.41) is 12.2. The minimum Gasteiger partial charge on any atom is -0.494 e. The summed E-state index contributed by atoms with van der Waals surface area (Å²) in [7, 11) is 0. The summed E-state index contributed by atoms with van der Waals surface area (Å²) in [4.78, 5) is 12.2. The zero-order valence-electron chi connectivity index (χ0n) is 12.0. The maximum Gasteiger partial charge on any atom is 0.251 e. The van der Waals surface area contributed by atoms with Gasteiger partial charge in [-0.05, 0) is 56.7 Å². The Bertz CT molecular complexity index is 439. The Kier molecular flexibility index (Phi) is 5.41. The Morgan fingerprint density at radius 1 is 1.35 bits per heavy atom. The van der Waals surface area contributed by atoms with Gasteiger partial charge < -0.3 is 15.2 Å².